The Bertz CT molecular complexity index is 707. The van der Waals surface area contributed by atoms with Crippen LogP contribution in [0.2, 0.25) is 0 Å². The second kappa shape index (κ2) is 8.45. The molecule has 2 aromatic rings. The van der Waals surface area contributed by atoms with Crippen LogP contribution in [0.4, 0.5) is 0 Å². The van der Waals surface area contributed by atoms with Crippen LogP contribution >= 0.6 is 11.8 Å². The van der Waals surface area contributed by atoms with Crippen molar-refractivity contribution in [1.29, 1.82) is 0 Å². The predicted octanol–water partition coefficient (Wildman–Crippen LogP) is 2.31. The molecule has 0 radical (unpaired) electrons. The van der Waals surface area contributed by atoms with E-state index in [2.05, 4.69) is 30.0 Å². The number of hydrogen-bond donors (Lipinski definition) is 1. The standard InChI is InChI=1S/C18H26N6OS/c1-13-9-21-15(10-20-13)12-26-18-23-22-17(14-4-6-19-7-5-14)24(18)11-16-3-2-8-25-16/h9-10,14,16,19H,2-8,11-12H2,1H3. The summed E-state index contributed by atoms with van der Waals surface area (Å²) in [5, 5.41) is 13.5. The van der Waals surface area contributed by atoms with Crippen molar-refractivity contribution in [3.8, 4) is 0 Å². The van der Waals surface area contributed by atoms with Gasteiger partial charge in [0.05, 0.1) is 24.0 Å². The molecule has 0 aromatic carbocycles. The Morgan fingerprint density at radius 1 is 1.19 bits per heavy atom. The van der Waals surface area contributed by atoms with Crippen LogP contribution in [0, 0.1) is 6.92 Å². The van der Waals surface area contributed by atoms with Crippen LogP contribution in [0.15, 0.2) is 17.6 Å². The molecule has 1 atom stereocenters. The predicted molar refractivity (Wildman–Crippen MR) is 100 cm³/mol. The highest BCUT2D eigenvalue weighted by Gasteiger charge is 2.26. The van der Waals surface area contributed by atoms with Crippen molar-refractivity contribution in [2.75, 3.05) is 19.7 Å². The Morgan fingerprint density at radius 3 is 2.81 bits per heavy atom. The largest absolute Gasteiger partial charge is 0.376 e. The summed E-state index contributed by atoms with van der Waals surface area (Å²) >= 11 is 1.69. The molecular weight excluding hydrogens is 348 g/mol. The van der Waals surface area contributed by atoms with Gasteiger partial charge in [-0.25, -0.2) is 0 Å². The molecule has 2 fully saturated rings. The summed E-state index contributed by atoms with van der Waals surface area (Å²) in [6, 6.07) is 0. The van der Waals surface area contributed by atoms with Gasteiger partial charge in [-0.3, -0.25) is 9.97 Å². The highest BCUT2D eigenvalue weighted by molar-refractivity contribution is 7.98. The van der Waals surface area contributed by atoms with Crippen molar-refractivity contribution in [3.05, 3.63) is 29.6 Å². The molecule has 2 aromatic heterocycles. The number of nitrogens with zero attached hydrogens (tertiary/aromatic N) is 5. The normalized spacial score (nSPS) is 21.3. The van der Waals surface area contributed by atoms with Gasteiger partial charge in [0, 0.05) is 30.7 Å². The molecule has 8 heteroatoms. The lowest BCUT2D eigenvalue weighted by Gasteiger charge is -2.23. The topological polar surface area (TPSA) is 77.8 Å². The SMILES string of the molecule is Cc1cnc(CSc2nnc(C3CCNCC3)n2CC2CCCO2)cn1. The maximum absolute atomic E-state index is 5.88. The van der Waals surface area contributed by atoms with Crippen molar-refractivity contribution in [3.63, 3.8) is 0 Å². The lowest BCUT2D eigenvalue weighted by molar-refractivity contribution is 0.0936. The fourth-order valence-corrected chi connectivity index (χ4v) is 4.43. The van der Waals surface area contributed by atoms with Crippen LogP contribution in [0.1, 0.15) is 48.8 Å². The van der Waals surface area contributed by atoms with Gasteiger partial charge >= 0.3 is 0 Å². The summed E-state index contributed by atoms with van der Waals surface area (Å²) in [4.78, 5) is 8.78. The maximum atomic E-state index is 5.88. The van der Waals surface area contributed by atoms with Gasteiger partial charge in [-0.05, 0) is 45.7 Å². The quantitative estimate of drug-likeness (QED) is 0.778. The molecule has 0 spiro atoms. The minimum atomic E-state index is 0.282. The Hall–Kier alpha value is -1.51. The molecule has 0 bridgehead atoms. The molecule has 1 N–H and O–H groups in total. The van der Waals surface area contributed by atoms with E-state index in [9.17, 15) is 0 Å². The van der Waals surface area contributed by atoms with E-state index in [0.717, 1.165) is 80.0 Å². The summed E-state index contributed by atoms with van der Waals surface area (Å²) in [7, 11) is 0. The van der Waals surface area contributed by atoms with Crippen molar-refractivity contribution >= 4 is 11.8 Å². The number of hydrogen-bond acceptors (Lipinski definition) is 7. The molecule has 140 valence electrons. The molecule has 0 aliphatic carbocycles. The minimum absolute atomic E-state index is 0.282. The molecule has 2 aliphatic heterocycles. The summed E-state index contributed by atoms with van der Waals surface area (Å²) in [6.45, 7) is 5.79. The lowest BCUT2D eigenvalue weighted by atomic mass is 9.97. The fourth-order valence-electron chi connectivity index (χ4n) is 3.58. The summed E-state index contributed by atoms with van der Waals surface area (Å²) < 4.78 is 8.18. The second-order valence-corrected chi connectivity index (χ2v) is 7.99. The van der Waals surface area contributed by atoms with Crippen LogP contribution in [0.3, 0.4) is 0 Å². The maximum Gasteiger partial charge on any atom is 0.191 e. The van der Waals surface area contributed by atoms with E-state index >= 15 is 0 Å². The molecule has 1 unspecified atom stereocenters. The average molecular weight is 375 g/mol. The number of aromatic nitrogens is 5. The van der Waals surface area contributed by atoms with Gasteiger partial charge in [0.2, 0.25) is 0 Å². The number of aryl methyl sites for hydroxylation is 1. The van der Waals surface area contributed by atoms with Gasteiger partial charge < -0.3 is 14.6 Å². The molecular formula is C18H26N6OS. The fraction of sp³-hybridized carbons (Fsp3) is 0.667. The van der Waals surface area contributed by atoms with Crippen LogP contribution in [0.5, 0.6) is 0 Å². The van der Waals surface area contributed by atoms with Crippen molar-refractivity contribution in [1.82, 2.24) is 30.0 Å². The van der Waals surface area contributed by atoms with Crippen LogP contribution in [-0.2, 0) is 17.0 Å². The first-order chi connectivity index (χ1) is 12.8. The molecule has 7 nitrogen and oxygen atoms in total. The van der Waals surface area contributed by atoms with Gasteiger partial charge in [-0.2, -0.15) is 0 Å². The molecule has 2 aliphatic rings. The number of thioether (sulfide) groups is 1. The first kappa shape index (κ1) is 17.9. The molecule has 2 saturated heterocycles. The van der Waals surface area contributed by atoms with Crippen LogP contribution in [0.25, 0.3) is 0 Å². The second-order valence-electron chi connectivity index (χ2n) is 7.05. The van der Waals surface area contributed by atoms with Crippen LogP contribution in [-0.4, -0.2) is 50.5 Å². The Labute approximate surface area is 158 Å². The average Bonchev–Trinajstić information content (AvgIpc) is 3.33. The zero-order valence-corrected chi connectivity index (χ0v) is 16.0. The van der Waals surface area contributed by atoms with E-state index in [1.165, 1.54) is 0 Å². The third-order valence-electron chi connectivity index (χ3n) is 5.04. The van der Waals surface area contributed by atoms with Crippen molar-refractivity contribution < 1.29 is 4.74 Å². The number of ether oxygens (including phenoxy) is 1. The summed E-state index contributed by atoms with van der Waals surface area (Å²) in [5.41, 5.74) is 1.91. The van der Waals surface area contributed by atoms with Gasteiger partial charge in [0.25, 0.3) is 0 Å². The Morgan fingerprint density at radius 2 is 2.08 bits per heavy atom. The third-order valence-corrected chi connectivity index (χ3v) is 6.04. The zero-order chi connectivity index (χ0) is 17.8. The van der Waals surface area contributed by atoms with E-state index < -0.39 is 0 Å². The Balaban J connectivity index is 1.52. The van der Waals surface area contributed by atoms with Gasteiger partial charge in [0.15, 0.2) is 5.16 Å². The minimum Gasteiger partial charge on any atom is -0.376 e. The first-order valence-corrected chi connectivity index (χ1v) is 10.4. The van der Waals surface area contributed by atoms with Gasteiger partial charge in [-0.15, -0.1) is 10.2 Å². The zero-order valence-electron chi connectivity index (χ0n) is 15.2. The van der Waals surface area contributed by atoms with Gasteiger partial charge in [-0.1, -0.05) is 11.8 Å². The molecule has 0 amide bonds. The highest BCUT2D eigenvalue weighted by atomic mass is 32.2. The molecule has 0 saturated carbocycles. The first-order valence-electron chi connectivity index (χ1n) is 9.45. The van der Waals surface area contributed by atoms with E-state index in [4.69, 9.17) is 4.74 Å². The summed E-state index contributed by atoms with van der Waals surface area (Å²) in [6.07, 6.45) is 8.46. The number of nitrogens with one attached hydrogen (secondary N) is 1. The molecule has 26 heavy (non-hydrogen) atoms. The van der Waals surface area contributed by atoms with Gasteiger partial charge in [0.1, 0.15) is 5.82 Å². The van der Waals surface area contributed by atoms with Crippen molar-refractivity contribution in [2.24, 2.45) is 0 Å². The molecule has 4 heterocycles. The highest BCUT2D eigenvalue weighted by Crippen LogP contribution is 2.30. The summed E-state index contributed by atoms with van der Waals surface area (Å²) in [5.74, 6) is 2.36. The van der Waals surface area contributed by atoms with E-state index in [0.29, 0.717) is 5.92 Å². The number of piperidine rings is 1. The monoisotopic (exact) mass is 374 g/mol. The van der Waals surface area contributed by atoms with Crippen LogP contribution < -0.4 is 5.32 Å². The molecule has 4 rings (SSSR count). The van der Waals surface area contributed by atoms with E-state index in [1.807, 2.05) is 19.3 Å². The lowest BCUT2D eigenvalue weighted by Crippen LogP contribution is -2.29. The number of rotatable bonds is 6. The van der Waals surface area contributed by atoms with E-state index in [-0.39, 0.29) is 6.10 Å². The Kier molecular flexibility index (Phi) is 5.81. The van der Waals surface area contributed by atoms with Crippen molar-refractivity contribution in [2.45, 2.75) is 62.1 Å². The van der Waals surface area contributed by atoms with E-state index in [1.54, 1.807) is 11.8 Å². The smallest absolute Gasteiger partial charge is 0.191 e. The third kappa shape index (κ3) is 4.24.